The van der Waals surface area contributed by atoms with Gasteiger partial charge in [-0.2, -0.15) is 0 Å². The van der Waals surface area contributed by atoms with Crippen molar-refractivity contribution in [1.82, 2.24) is 9.47 Å². The zero-order valence-electron chi connectivity index (χ0n) is 11.4. The number of halogens is 1. The minimum Gasteiger partial charge on any atom is -0.345 e. The summed E-state index contributed by atoms with van der Waals surface area (Å²) in [6.07, 6.45) is 8.34. The van der Waals surface area contributed by atoms with Crippen molar-refractivity contribution in [2.75, 3.05) is 13.1 Å². The topological polar surface area (TPSA) is 25.2 Å². The predicted molar refractivity (Wildman–Crippen MR) is 76.4 cm³/mol. The first kappa shape index (κ1) is 13.0. The summed E-state index contributed by atoms with van der Waals surface area (Å²) in [7, 11) is 1.88. The number of aromatic nitrogens is 1. The molecule has 0 aromatic carbocycles. The van der Waals surface area contributed by atoms with Gasteiger partial charge in [0.05, 0.1) is 5.02 Å². The Morgan fingerprint density at radius 2 is 2.00 bits per heavy atom. The average molecular weight is 281 g/mol. The van der Waals surface area contributed by atoms with Crippen molar-refractivity contribution >= 4 is 17.5 Å². The molecule has 0 N–H and O–H groups in total. The zero-order valence-corrected chi connectivity index (χ0v) is 12.2. The van der Waals surface area contributed by atoms with Gasteiger partial charge in [0, 0.05) is 26.3 Å². The van der Waals surface area contributed by atoms with Crippen molar-refractivity contribution in [2.24, 2.45) is 18.9 Å². The van der Waals surface area contributed by atoms with E-state index in [0.717, 1.165) is 24.9 Å². The van der Waals surface area contributed by atoms with E-state index in [1.54, 1.807) is 12.3 Å². The normalized spacial score (nSPS) is 27.2. The number of amides is 1. The Labute approximate surface area is 119 Å². The van der Waals surface area contributed by atoms with Crippen LogP contribution in [0.25, 0.3) is 0 Å². The number of carbonyl (C=O) groups excluding carboxylic acids is 1. The Hall–Kier alpha value is -0.960. The van der Waals surface area contributed by atoms with Gasteiger partial charge in [0.15, 0.2) is 0 Å². The molecule has 2 atom stereocenters. The van der Waals surface area contributed by atoms with Gasteiger partial charge in [0.1, 0.15) is 5.69 Å². The molecule has 19 heavy (non-hydrogen) atoms. The lowest BCUT2D eigenvalue weighted by Gasteiger charge is -2.41. The van der Waals surface area contributed by atoms with Gasteiger partial charge < -0.3 is 9.47 Å². The molecule has 3 nitrogen and oxygen atoms in total. The molecular formula is C15H21ClN2O. The molecular weight excluding hydrogens is 260 g/mol. The van der Waals surface area contributed by atoms with Crippen LogP contribution < -0.4 is 0 Å². The van der Waals surface area contributed by atoms with Crippen LogP contribution in [0.1, 0.15) is 42.6 Å². The molecule has 1 saturated heterocycles. The largest absolute Gasteiger partial charge is 0.345 e. The van der Waals surface area contributed by atoms with Gasteiger partial charge in [-0.25, -0.2) is 0 Å². The number of carbonyl (C=O) groups is 1. The summed E-state index contributed by atoms with van der Waals surface area (Å²) >= 11 is 5.97. The number of fused-ring (bicyclic) bond motifs is 1. The lowest BCUT2D eigenvalue weighted by atomic mass is 9.75. The summed E-state index contributed by atoms with van der Waals surface area (Å²) in [5, 5.41) is 0.637. The maximum absolute atomic E-state index is 12.6. The third kappa shape index (κ3) is 2.53. The summed E-state index contributed by atoms with van der Waals surface area (Å²) in [5.41, 5.74) is 0.708. The molecule has 2 heterocycles. The van der Waals surface area contributed by atoms with E-state index in [2.05, 4.69) is 0 Å². The van der Waals surface area contributed by atoms with Crippen molar-refractivity contribution in [3.8, 4) is 0 Å². The number of nitrogens with zero attached hydrogens (tertiary/aromatic N) is 2. The Kier molecular flexibility index (Phi) is 3.57. The van der Waals surface area contributed by atoms with Crippen LogP contribution in [-0.2, 0) is 7.05 Å². The van der Waals surface area contributed by atoms with Crippen molar-refractivity contribution in [3.05, 3.63) is 23.0 Å². The lowest BCUT2D eigenvalue weighted by Crippen LogP contribution is -2.45. The quantitative estimate of drug-likeness (QED) is 0.775. The van der Waals surface area contributed by atoms with E-state index in [1.165, 1.54) is 32.1 Å². The highest BCUT2D eigenvalue weighted by molar-refractivity contribution is 6.31. The highest BCUT2D eigenvalue weighted by atomic mass is 35.5. The smallest absolute Gasteiger partial charge is 0.270 e. The third-order valence-electron chi connectivity index (χ3n) is 4.77. The van der Waals surface area contributed by atoms with E-state index in [9.17, 15) is 4.79 Å². The second-order valence-electron chi connectivity index (χ2n) is 6.00. The molecule has 2 fully saturated rings. The summed E-state index contributed by atoms with van der Waals surface area (Å²) < 4.78 is 1.83. The van der Waals surface area contributed by atoms with Gasteiger partial charge in [-0.15, -0.1) is 0 Å². The lowest BCUT2D eigenvalue weighted by molar-refractivity contribution is 0.0512. The van der Waals surface area contributed by atoms with Crippen LogP contribution in [0.4, 0.5) is 0 Å². The molecule has 1 amide bonds. The van der Waals surface area contributed by atoms with Crippen LogP contribution >= 0.6 is 11.6 Å². The fraction of sp³-hybridized carbons (Fsp3) is 0.667. The fourth-order valence-electron chi connectivity index (χ4n) is 3.68. The van der Waals surface area contributed by atoms with Crippen LogP contribution in [0.3, 0.4) is 0 Å². The van der Waals surface area contributed by atoms with Crippen LogP contribution in [0.5, 0.6) is 0 Å². The molecule has 3 rings (SSSR count). The molecule has 0 unspecified atom stereocenters. The molecule has 1 aliphatic heterocycles. The minimum atomic E-state index is 0.137. The molecule has 0 spiro atoms. The van der Waals surface area contributed by atoms with Crippen molar-refractivity contribution in [1.29, 1.82) is 0 Å². The molecule has 2 aliphatic rings. The van der Waals surface area contributed by atoms with Crippen LogP contribution in [0.15, 0.2) is 12.3 Å². The van der Waals surface area contributed by atoms with Gasteiger partial charge >= 0.3 is 0 Å². The molecule has 1 aliphatic carbocycles. The summed E-state index contributed by atoms with van der Waals surface area (Å²) in [5.74, 6) is 1.72. The van der Waals surface area contributed by atoms with Gasteiger partial charge in [-0.3, -0.25) is 4.79 Å². The van der Waals surface area contributed by atoms with E-state index in [1.807, 2.05) is 16.5 Å². The Morgan fingerprint density at radius 1 is 1.26 bits per heavy atom. The monoisotopic (exact) mass is 280 g/mol. The first-order valence-corrected chi connectivity index (χ1v) is 7.64. The fourth-order valence-corrected chi connectivity index (χ4v) is 3.93. The predicted octanol–water partition coefficient (Wildman–Crippen LogP) is 3.33. The molecule has 4 heteroatoms. The third-order valence-corrected chi connectivity index (χ3v) is 4.98. The number of hydrogen-bond acceptors (Lipinski definition) is 1. The molecule has 104 valence electrons. The number of aryl methyl sites for hydroxylation is 1. The number of piperidine rings is 1. The zero-order chi connectivity index (χ0) is 13.4. The summed E-state index contributed by atoms with van der Waals surface area (Å²) in [6.45, 7) is 1.84. The Balaban J connectivity index is 1.72. The maximum atomic E-state index is 12.6. The minimum absolute atomic E-state index is 0.137. The van der Waals surface area contributed by atoms with Crippen molar-refractivity contribution in [2.45, 2.75) is 32.1 Å². The molecule has 0 radical (unpaired) electrons. The van der Waals surface area contributed by atoms with Gasteiger partial charge in [0.2, 0.25) is 0 Å². The average Bonchev–Trinajstić information content (AvgIpc) is 2.76. The SMILES string of the molecule is Cn1cc(Cl)cc1C(=O)N1CC[C@H]2CCCC[C@H]2C1. The molecule has 1 aromatic rings. The summed E-state index contributed by atoms with van der Waals surface area (Å²) in [4.78, 5) is 14.6. The summed E-state index contributed by atoms with van der Waals surface area (Å²) in [6, 6.07) is 1.77. The highest BCUT2D eigenvalue weighted by Crippen LogP contribution is 2.36. The second-order valence-corrected chi connectivity index (χ2v) is 6.44. The van der Waals surface area contributed by atoms with Gasteiger partial charge in [-0.1, -0.05) is 30.9 Å². The van der Waals surface area contributed by atoms with E-state index in [4.69, 9.17) is 11.6 Å². The van der Waals surface area contributed by atoms with Crippen LogP contribution in [0.2, 0.25) is 5.02 Å². The number of likely N-dealkylation sites (tertiary alicyclic amines) is 1. The first-order chi connectivity index (χ1) is 9.15. The van der Waals surface area contributed by atoms with E-state index in [0.29, 0.717) is 10.7 Å². The van der Waals surface area contributed by atoms with E-state index >= 15 is 0 Å². The van der Waals surface area contributed by atoms with Crippen LogP contribution in [-0.4, -0.2) is 28.5 Å². The standard InChI is InChI=1S/C15H21ClN2O/c1-17-10-13(16)8-14(17)15(19)18-7-6-11-4-2-3-5-12(11)9-18/h8,10-12H,2-7,9H2,1H3/t11-,12+/m1/s1. The molecule has 0 bridgehead atoms. The number of rotatable bonds is 1. The number of hydrogen-bond donors (Lipinski definition) is 0. The van der Waals surface area contributed by atoms with E-state index in [-0.39, 0.29) is 5.91 Å². The second kappa shape index (κ2) is 5.20. The van der Waals surface area contributed by atoms with Crippen LogP contribution in [0, 0.1) is 11.8 Å². The Morgan fingerprint density at radius 3 is 2.68 bits per heavy atom. The van der Waals surface area contributed by atoms with Gasteiger partial charge in [-0.05, 0) is 30.7 Å². The van der Waals surface area contributed by atoms with Crippen molar-refractivity contribution < 1.29 is 4.79 Å². The maximum Gasteiger partial charge on any atom is 0.270 e. The molecule has 1 aromatic heterocycles. The van der Waals surface area contributed by atoms with Gasteiger partial charge in [0.25, 0.3) is 5.91 Å². The first-order valence-electron chi connectivity index (χ1n) is 7.26. The highest BCUT2D eigenvalue weighted by Gasteiger charge is 2.33. The molecule has 1 saturated carbocycles. The van der Waals surface area contributed by atoms with Crippen molar-refractivity contribution in [3.63, 3.8) is 0 Å². The Bertz CT molecular complexity index is 482. The van der Waals surface area contributed by atoms with E-state index < -0.39 is 0 Å².